The zero-order valence-corrected chi connectivity index (χ0v) is 14.5. The summed E-state index contributed by atoms with van der Waals surface area (Å²) < 4.78 is 6.80. The van der Waals surface area contributed by atoms with Gasteiger partial charge in [0, 0.05) is 20.0 Å². The molecule has 1 amide bonds. The van der Waals surface area contributed by atoms with Gasteiger partial charge in [-0.05, 0) is 31.0 Å². The first-order valence-corrected chi connectivity index (χ1v) is 8.47. The van der Waals surface area contributed by atoms with E-state index in [9.17, 15) is 9.59 Å². The van der Waals surface area contributed by atoms with Gasteiger partial charge in [-0.3, -0.25) is 9.36 Å². The molecule has 0 spiro atoms. The van der Waals surface area contributed by atoms with E-state index in [4.69, 9.17) is 4.42 Å². The molecular weight excluding hydrogens is 316 g/mol. The van der Waals surface area contributed by atoms with Gasteiger partial charge in [0.25, 0.3) is 0 Å². The van der Waals surface area contributed by atoms with Crippen molar-refractivity contribution >= 4 is 17.0 Å². The van der Waals surface area contributed by atoms with E-state index in [2.05, 4.69) is 0 Å². The molecule has 0 saturated carbocycles. The van der Waals surface area contributed by atoms with Gasteiger partial charge in [0.2, 0.25) is 5.91 Å². The molecule has 0 aliphatic rings. The molecule has 0 bridgehead atoms. The fraction of sp³-hybridized carbons (Fsp3) is 0.300. The average molecular weight is 338 g/mol. The van der Waals surface area contributed by atoms with E-state index in [0.717, 1.165) is 11.1 Å². The zero-order chi connectivity index (χ0) is 17.8. The Morgan fingerprint density at radius 2 is 1.80 bits per heavy atom. The molecule has 3 rings (SSSR count). The molecule has 2 aromatic carbocycles. The van der Waals surface area contributed by atoms with E-state index < -0.39 is 0 Å². The van der Waals surface area contributed by atoms with Crippen LogP contribution in [0.1, 0.15) is 31.4 Å². The SMILES string of the molecule is C[C@@H](c1ccccc1)N(C)C(=O)CCCn1c(=O)oc2ccccc21. The minimum atomic E-state index is -0.375. The lowest BCUT2D eigenvalue weighted by Gasteiger charge is -2.25. The van der Waals surface area contributed by atoms with Crippen molar-refractivity contribution in [3.8, 4) is 0 Å². The number of para-hydroxylation sites is 2. The second-order valence-corrected chi connectivity index (χ2v) is 6.18. The van der Waals surface area contributed by atoms with E-state index in [0.29, 0.717) is 25.0 Å². The van der Waals surface area contributed by atoms with E-state index in [1.165, 1.54) is 0 Å². The Hall–Kier alpha value is -2.82. The number of amides is 1. The summed E-state index contributed by atoms with van der Waals surface area (Å²) in [5.74, 6) is -0.308. The Kier molecular flexibility index (Phi) is 5.03. The summed E-state index contributed by atoms with van der Waals surface area (Å²) >= 11 is 0. The predicted octanol–water partition coefficient (Wildman–Crippen LogP) is 3.59. The highest BCUT2D eigenvalue weighted by Crippen LogP contribution is 2.19. The molecule has 1 aromatic heterocycles. The van der Waals surface area contributed by atoms with Gasteiger partial charge in [-0.1, -0.05) is 42.5 Å². The van der Waals surface area contributed by atoms with Gasteiger partial charge in [0.05, 0.1) is 11.6 Å². The van der Waals surface area contributed by atoms with Gasteiger partial charge in [0.1, 0.15) is 0 Å². The summed E-state index contributed by atoms with van der Waals surface area (Å²) in [5, 5.41) is 0. The van der Waals surface area contributed by atoms with Crippen molar-refractivity contribution in [2.24, 2.45) is 0 Å². The van der Waals surface area contributed by atoms with Crippen LogP contribution in [0, 0.1) is 0 Å². The van der Waals surface area contributed by atoms with Gasteiger partial charge >= 0.3 is 5.76 Å². The number of nitrogens with zero attached hydrogens (tertiary/aromatic N) is 2. The topological polar surface area (TPSA) is 55.5 Å². The van der Waals surface area contributed by atoms with Crippen LogP contribution >= 0.6 is 0 Å². The average Bonchev–Trinajstić information content (AvgIpc) is 2.96. The largest absolute Gasteiger partial charge is 0.419 e. The number of rotatable bonds is 6. The molecule has 3 aromatic rings. The first kappa shape index (κ1) is 17.0. The summed E-state index contributed by atoms with van der Waals surface area (Å²) in [6.07, 6.45) is 0.980. The van der Waals surface area contributed by atoms with Gasteiger partial charge in [-0.25, -0.2) is 4.79 Å². The van der Waals surface area contributed by atoms with Gasteiger partial charge in [0.15, 0.2) is 5.58 Å². The Morgan fingerprint density at radius 1 is 1.12 bits per heavy atom. The number of hydrogen-bond acceptors (Lipinski definition) is 3. The first-order chi connectivity index (χ1) is 12.1. The van der Waals surface area contributed by atoms with Crippen LogP contribution in [0.25, 0.3) is 11.1 Å². The van der Waals surface area contributed by atoms with Crippen LogP contribution in [0.5, 0.6) is 0 Å². The molecule has 1 atom stereocenters. The lowest BCUT2D eigenvalue weighted by atomic mass is 10.1. The normalized spacial score (nSPS) is 12.2. The van der Waals surface area contributed by atoms with E-state index in [1.54, 1.807) is 15.5 Å². The third-order valence-electron chi connectivity index (χ3n) is 4.60. The molecule has 130 valence electrons. The standard InChI is InChI=1S/C20H22N2O3/c1-15(16-9-4-3-5-10-16)21(2)19(23)13-8-14-22-17-11-6-7-12-18(17)25-20(22)24/h3-7,9-12,15H,8,13-14H2,1-2H3/t15-/m0/s1. The molecule has 0 fully saturated rings. The maximum Gasteiger partial charge on any atom is 0.419 e. The maximum absolute atomic E-state index is 12.4. The summed E-state index contributed by atoms with van der Waals surface area (Å²) in [4.78, 5) is 26.1. The quantitative estimate of drug-likeness (QED) is 0.690. The maximum atomic E-state index is 12.4. The third kappa shape index (κ3) is 3.65. The highest BCUT2D eigenvalue weighted by Gasteiger charge is 2.17. The predicted molar refractivity (Wildman–Crippen MR) is 97.3 cm³/mol. The van der Waals surface area contributed by atoms with E-state index >= 15 is 0 Å². The number of carbonyl (C=O) groups excluding carboxylic acids is 1. The van der Waals surface area contributed by atoms with Crippen LogP contribution in [0.2, 0.25) is 0 Å². The Balaban J connectivity index is 1.60. The number of carbonyl (C=O) groups is 1. The molecule has 0 aliphatic heterocycles. The van der Waals surface area contributed by atoms with Crippen molar-refractivity contribution in [3.05, 3.63) is 70.7 Å². The minimum absolute atomic E-state index is 0.0196. The lowest BCUT2D eigenvalue weighted by Crippen LogP contribution is -2.29. The molecule has 1 heterocycles. The fourth-order valence-corrected chi connectivity index (χ4v) is 2.96. The second-order valence-electron chi connectivity index (χ2n) is 6.18. The van der Waals surface area contributed by atoms with E-state index in [1.807, 2.05) is 62.5 Å². The number of benzene rings is 2. The summed E-state index contributed by atoms with van der Waals surface area (Å²) in [5.41, 5.74) is 2.45. The third-order valence-corrected chi connectivity index (χ3v) is 4.60. The lowest BCUT2D eigenvalue weighted by molar-refractivity contribution is -0.131. The molecule has 0 saturated heterocycles. The minimum Gasteiger partial charge on any atom is -0.408 e. The van der Waals surface area contributed by atoms with Crippen LogP contribution in [-0.4, -0.2) is 22.4 Å². The number of oxazole rings is 1. The second kappa shape index (κ2) is 7.38. The van der Waals surface area contributed by atoms with Crippen LogP contribution in [-0.2, 0) is 11.3 Å². The van der Waals surface area contributed by atoms with Crippen molar-refractivity contribution in [3.63, 3.8) is 0 Å². The summed E-state index contributed by atoms with van der Waals surface area (Å²) in [6.45, 7) is 2.48. The first-order valence-electron chi connectivity index (χ1n) is 8.47. The Labute approximate surface area is 146 Å². The molecule has 5 nitrogen and oxygen atoms in total. The van der Waals surface area contributed by atoms with Crippen molar-refractivity contribution in [2.45, 2.75) is 32.4 Å². The zero-order valence-electron chi connectivity index (χ0n) is 14.5. The van der Waals surface area contributed by atoms with Crippen LogP contribution in [0.4, 0.5) is 0 Å². The van der Waals surface area contributed by atoms with Crippen molar-refractivity contribution in [2.75, 3.05) is 7.05 Å². The number of hydrogen-bond donors (Lipinski definition) is 0. The molecule has 0 radical (unpaired) electrons. The summed E-state index contributed by atoms with van der Waals surface area (Å²) in [6, 6.07) is 17.3. The highest BCUT2D eigenvalue weighted by atomic mass is 16.4. The van der Waals surface area contributed by atoms with Crippen LogP contribution in [0.3, 0.4) is 0 Å². The highest BCUT2D eigenvalue weighted by molar-refractivity contribution is 5.76. The van der Waals surface area contributed by atoms with Crippen molar-refractivity contribution in [1.29, 1.82) is 0 Å². The van der Waals surface area contributed by atoms with Gasteiger partial charge in [-0.15, -0.1) is 0 Å². The van der Waals surface area contributed by atoms with Crippen molar-refractivity contribution < 1.29 is 9.21 Å². The fourth-order valence-electron chi connectivity index (χ4n) is 2.96. The van der Waals surface area contributed by atoms with Crippen molar-refractivity contribution in [1.82, 2.24) is 9.47 Å². The smallest absolute Gasteiger partial charge is 0.408 e. The number of aromatic nitrogens is 1. The molecular formula is C20H22N2O3. The Bertz CT molecular complexity index is 911. The van der Waals surface area contributed by atoms with Gasteiger partial charge < -0.3 is 9.32 Å². The molecule has 0 aliphatic carbocycles. The molecule has 5 heteroatoms. The summed E-state index contributed by atoms with van der Waals surface area (Å²) in [7, 11) is 1.82. The van der Waals surface area contributed by atoms with E-state index in [-0.39, 0.29) is 17.7 Å². The molecule has 25 heavy (non-hydrogen) atoms. The van der Waals surface area contributed by atoms with Crippen LogP contribution < -0.4 is 5.76 Å². The van der Waals surface area contributed by atoms with Gasteiger partial charge in [-0.2, -0.15) is 0 Å². The van der Waals surface area contributed by atoms with Crippen LogP contribution in [0.15, 0.2) is 63.8 Å². The number of fused-ring (bicyclic) bond motifs is 1. The number of aryl methyl sites for hydroxylation is 1. The molecule has 0 unspecified atom stereocenters. The Morgan fingerprint density at radius 3 is 2.56 bits per heavy atom. The monoisotopic (exact) mass is 338 g/mol. The molecule has 0 N–H and O–H groups in total.